The quantitative estimate of drug-likeness (QED) is 0.736. The zero-order valence-electron chi connectivity index (χ0n) is 14.4. The van der Waals surface area contributed by atoms with Gasteiger partial charge in [-0.05, 0) is 17.7 Å². The Morgan fingerprint density at radius 3 is 2.77 bits per heavy atom. The maximum Gasteiger partial charge on any atom is 0.227 e. The van der Waals surface area contributed by atoms with Gasteiger partial charge in [0.2, 0.25) is 11.8 Å². The molecule has 26 heavy (non-hydrogen) atoms. The summed E-state index contributed by atoms with van der Waals surface area (Å²) in [6, 6.07) is 16.8. The number of phenols is 1. The minimum Gasteiger partial charge on any atom is -0.508 e. The third-order valence-corrected chi connectivity index (χ3v) is 5.32. The molecule has 0 aliphatic carbocycles. The topological polar surface area (TPSA) is 69.6 Å². The molecule has 2 N–H and O–H groups in total. The van der Waals surface area contributed by atoms with E-state index in [9.17, 15) is 14.7 Å². The molecule has 136 valence electrons. The Balaban J connectivity index is 1.42. The number of amides is 2. The standard InChI is InChI=1S/C20H22N2O3S/c23-18-8-4-7-17(12-18)22-13-16(11-19(22)24)20(25)21-9-10-26-14-15-5-2-1-3-6-15/h1-8,12,16,23H,9-11,13-14H2,(H,21,25)/t16-/m1/s1. The summed E-state index contributed by atoms with van der Waals surface area (Å²) in [6.45, 7) is 0.943. The van der Waals surface area contributed by atoms with Crippen molar-refractivity contribution in [1.29, 1.82) is 0 Å². The predicted octanol–water partition coefficient (Wildman–Crippen LogP) is 2.79. The normalized spacial score (nSPS) is 16.7. The Kier molecular flexibility index (Phi) is 6.17. The smallest absolute Gasteiger partial charge is 0.227 e. The van der Waals surface area contributed by atoms with Crippen LogP contribution in [0.5, 0.6) is 5.75 Å². The number of rotatable bonds is 7. The molecule has 2 aromatic carbocycles. The first-order chi connectivity index (χ1) is 12.6. The molecule has 0 saturated carbocycles. The summed E-state index contributed by atoms with van der Waals surface area (Å²) in [5.41, 5.74) is 1.90. The number of aromatic hydroxyl groups is 1. The highest BCUT2D eigenvalue weighted by atomic mass is 32.2. The molecular formula is C20H22N2O3S. The molecule has 1 fully saturated rings. The van der Waals surface area contributed by atoms with Gasteiger partial charge in [0.1, 0.15) is 5.75 Å². The second-order valence-electron chi connectivity index (χ2n) is 6.25. The van der Waals surface area contributed by atoms with Crippen LogP contribution < -0.4 is 10.2 Å². The maximum atomic E-state index is 12.3. The summed E-state index contributed by atoms with van der Waals surface area (Å²) in [5.74, 6) is 1.35. The third-order valence-electron chi connectivity index (χ3n) is 4.29. The van der Waals surface area contributed by atoms with Crippen LogP contribution in [0.25, 0.3) is 0 Å². The fourth-order valence-electron chi connectivity index (χ4n) is 2.95. The van der Waals surface area contributed by atoms with Crippen LogP contribution in [0.15, 0.2) is 54.6 Å². The SMILES string of the molecule is O=C(NCCSCc1ccccc1)[C@@H]1CC(=O)N(c2cccc(O)c2)C1. The van der Waals surface area contributed by atoms with Crippen molar-refractivity contribution in [2.45, 2.75) is 12.2 Å². The van der Waals surface area contributed by atoms with E-state index in [1.807, 2.05) is 18.2 Å². The van der Waals surface area contributed by atoms with E-state index in [-0.39, 0.29) is 29.9 Å². The highest BCUT2D eigenvalue weighted by molar-refractivity contribution is 7.98. The number of hydrogen-bond donors (Lipinski definition) is 2. The number of anilines is 1. The van der Waals surface area contributed by atoms with E-state index in [2.05, 4.69) is 17.4 Å². The molecule has 5 nitrogen and oxygen atoms in total. The van der Waals surface area contributed by atoms with Crippen LogP contribution in [0.3, 0.4) is 0 Å². The summed E-state index contributed by atoms with van der Waals surface area (Å²) in [7, 11) is 0. The Hall–Kier alpha value is -2.47. The van der Waals surface area contributed by atoms with Gasteiger partial charge in [0.25, 0.3) is 0 Å². The van der Waals surface area contributed by atoms with Crippen LogP contribution in [0.4, 0.5) is 5.69 Å². The molecule has 1 aliphatic heterocycles. The van der Waals surface area contributed by atoms with Crippen LogP contribution >= 0.6 is 11.8 Å². The number of phenolic OH excluding ortho intramolecular Hbond substituents is 1. The van der Waals surface area contributed by atoms with E-state index in [0.717, 1.165) is 11.5 Å². The molecule has 0 unspecified atom stereocenters. The van der Waals surface area contributed by atoms with Crippen LogP contribution in [0.1, 0.15) is 12.0 Å². The van der Waals surface area contributed by atoms with Gasteiger partial charge >= 0.3 is 0 Å². The number of nitrogens with one attached hydrogen (secondary N) is 1. The molecule has 1 heterocycles. The van der Waals surface area contributed by atoms with Crippen molar-refractivity contribution in [1.82, 2.24) is 5.32 Å². The summed E-state index contributed by atoms with van der Waals surface area (Å²) in [5, 5.41) is 12.5. The first kappa shape index (κ1) is 18.3. The van der Waals surface area contributed by atoms with E-state index in [4.69, 9.17) is 0 Å². The molecule has 3 rings (SSSR count). The molecule has 2 amide bonds. The third kappa shape index (κ3) is 4.79. The molecular weight excluding hydrogens is 348 g/mol. The second-order valence-corrected chi connectivity index (χ2v) is 7.36. The molecule has 2 aromatic rings. The van der Waals surface area contributed by atoms with Crippen molar-refractivity contribution in [2.24, 2.45) is 5.92 Å². The van der Waals surface area contributed by atoms with E-state index in [1.54, 1.807) is 40.9 Å². The van der Waals surface area contributed by atoms with Crippen LogP contribution in [0, 0.1) is 5.92 Å². The van der Waals surface area contributed by atoms with Gasteiger partial charge in [-0.15, -0.1) is 0 Å². The highest BCUT2D eigenvalue weighted by Gasteiger charge is 2.35. The largest absolute Gasteiger partial charge is 0.508 e. The van der Waals surface area contributed by atoms with Crippen molar-refractivity contribution < 1.29 is 14.7 Å². The second kappa shape index (κ2) is 8.76. The average Bonchev–Trinajstić information content (AvgIpc) is 3.04. The molecule has 1 saturated heterocycles. The lowest BCUT2D eigenvalue weighted by Crippen LogP contribution is -2.34. The summed E-state index contributed by atoms with van der Waals surface area (Å²) < 4.78 is 0. The number of carbonyl (C=O) groups is 2. The van der Waals surface area contributed by atoms with E-state index >= 15 is 0 Å². The lowest BCUT2D eigenvalue weighted by molar-refractivity contribution is -0.126. The zero-order chi connectivity index (χ0) is 18.4. The van der Waals surface area contributed by atoms with E-state index in [1.165, 1.54) is 5.56 Å². The summed E-state index contributed by atoms with van der Waals surface area (Å²) >= 11 is 1.77. The minimum absolute atomic E-state index is 0.0821. The fraction of sp³-hybridized carbons (Fsp3) is 0.300. The molecule has 6 heteroatoms. The van der Waals surface area contributed by atoms with Crippen molar-refractivity contribution in [3.63, 3.8) is 0 Å². The first-order valence-electron chi connectivity index (χ1n) is 8.62. The lowest BCUT2D eigenvalue weighted by Gasteiger charge is -2.17. The predicted molar refractivity (Wildman–Crippen MR) is 104 cm³/mol. The lowest BCUT2D eigenvalue weighted by atomic mass is 10.1. The van der Waals surface area contributed by atoms with E-state index in [0.29, 0.717) is 18.8 Å². The van der Waals surface area contributed by atoms with Crippen LogP contribution in [-0.4, -0.2) is 35.8 Å². The Morgan fingerprint density at radius 2 is 2.00 bits per heavy atom. The Bertz CT molecular complexity index is 767. The molecule has 1 aliphatic rings. The van der Waals surface area contributed by atoms with Gasteiger partial charge in [0.15, 0.2) is 0 Å². The van der Waals surface area contributed by atoms with Crippen molar-refractivity contribution in [3.8, 4) is 5.75 Å². The summed E-state index contributed by atoms with van der Waals surface area (Å²) in [4.78, 5) is 26.1. The average molecular weight is 370 g/mol. The first-order valence-corrected chi connectivity index (χ1v) is 9.78. The Labute approximate surface area is 157 Å². The van der Waals surface area contributed by atoms with Gasteiger partial charge in [-0.25, -0.2) is 0 Å². The van der Waals surface area contributed by atoms with Crippen molar-refractivity contribution in [2.75, 3.05) is 23.7 Å². The van der Waals surface area contributed by atoms with Crippen molar-refractivity contribution >= 4 is 29.3 Å². The molecule has 0 aromatic heterocycles. The monoisotopic (exact) mass is 370 g/mol. The van der Waals surface area contributed by atoms with E-state index < -0.39 is 0 Å². The minimum atomic E-state index is -0.344. The van der Waals surface area contributed by atoms with Crippen LogP contribution in [-0.2, 0) is 15.3 Å². The maximum absolute atomic E-state index is 12.3. The van der Waals surface area contributed by atoms with Crippen molar-refractivity contribution in [3.05, 3.63) is 60.2 Å². The zero-order valence-corrected chi connectivity index (χ0v) is 15.2. The summed E-state index contributed by atoms with van der Waals surface area (Å²) in [6.07, 6.45) is 0.207. The highest BCUT2D eigenvalue weighted by Crippen LogP contribution is 2.27. The molecule has 0 bridgehead atoms. The van der Waals surface area contributed by atoms with Gasteiger partial charge in [-0.3, -0.25) is 9.59 Å². The number of benzene rings is 2. The number of thioether (sulfide) groups is 1. The fourth-order valence-corrected chi connectivity index (χ4v) is 3.77. The van der Waals surface area contributed by atoms with Gasteiger partial charge in [-0.2, -0.15) is 11.8 Å². The Morgan fingerprint density at radius 1 is 1.19 bits per heavy atom. The molecule has 0 radical (unpaired) electrons. The number of carbonyl (C=O) groups excluding carboxylic acids is 2. The van der Waals surface area contributed by atoms with Gasteiger partial charge in [-0.1, -0.05) is 36.4 Å². The van der Waals surface area contributed by atoms with Gasteiger partial charge in [0.05, 0.1) is 5.92 Å². The number of nitrogens with zero attached hydrogens (tertiary/aromatic N) is 1. The van der Waals surface area contributed by atoms with Crippen LogP contribution in [0.2, 0.25) is 0 Å². The molecule has 0 spiro atoms. The number of hydrogen-bond acceptors (Lipinski definition) is 4. The molecule has 1 atom stereocenters. The van der Waals surface area contributed by atoms with Gasteiger partial charge < -0.3 is 15.3 Å². The van der Waals surface area contributed by atoms with Gasteiger partial charge in [0, 0.05) is 42.8 Å².